The molecular formula is C17H22N4O. The summed E-state index contributed by atoms with van der Waals surface area (Å²) in [5.74, 6) is -0.0343. The van der Waals surface area contributed by atoms with Crippen LogP contribution in [0, 0.1) is 0 Å². The van der Waals surface area contributed by atoms with Gasteiger partial charge in [0.05, 0.1) is 17.9 Å². The molecule has 2 rings (SSSR count). The fourth-order valence-corrected chi connectivity index (χ4v) is 2.35. The highest BCUT2D eigenvalue weighted by atomic mass is 16.2. The average molecular weight is 298 g/mol. The second kappa shape index (κ2) is 7.54. The monoisotopic (exact) mass is 298 g/mol. The first-order valence-corrected chi connectivity index (χ1v) is 7.46. The largest absolute Gasteiger partial charge is 0.334 e. The van der Waals surface area contributed by atoms with Gasteiger partial charge >= 0.3 is 0 Å². The van der Waals surface area contributed by atoms with Crippen molar-refractivity contribution in [1.29, 1.82) is 0 Å². The Morgan fingerprint density at radius 1 is 1.45 bits per heavy atom. The lowest BCUT2D eigenvalue weighted by Crippen LogP contribution is -2.30. The van der Waals surface area contributed by atoms with Gasteiger partial charge in [0, 0.05) is 38.1 Å². The Bertz CT molecular complexity index is 633. The standard InChI is InChI=1S/C17H22N4O/c1-4-7-16(15-8-5-6-11-18-15)21(3)17(22)10-9-14-12-19-20(2)13-14/h5-6,8-13,16H,4,7H2,1-3H3/b10-9-/t16-/m1/s1. The highest BCUT2D eigenvalue weighted by Crippen LogP contribution is 2.23. The molecule has 116 valence electrons. The van der Waals surface area contributed by atoms with Crippen molar-refractivity contribution in [2.75, 3.05) is 7.05 Å². The Hall–Kier alpha value is -2.43. The van der Waals surface area contributed by atoms with Gasteiger partial charge in [0.2, 0.25) is 5.91 Å². The van der Waals surface area contributed by atoms with Gasteiger partial charge in [-0.2, -0.15) is 5.10 Å². The summed E-state index contributed by atoms with van der Waals surface area (Å²) in [4.78, 5) is 18.5. The van der Waals surface area contributed by atoms with Gasteiger partial charge in [-0.15, -0.1) is 0 Å². The molecule has 0 radical (unpaired) electrons. The zero-order chi connectivity index (χ0) is 15.9. The molecule has 5 heteroatoms. The van der Waals surface area contributed by atoms with E-state index in [1.165, 1.54) is 0 Å². The van der Waals surface area contributed by atoms with Crippen molar-refractivity contribution < 1.29 is 4.79 Å². The van der Waals surface area contributed by atoms with Crippen molar-refractivity contribution in [1.82, 2.24) is 19.7 Å². The third-order valence-electron chi connectivity index (χ3n) is 3.55. The first-order chi connectivity index (χ1) is 10.6. The number of hydrogen-bond acceptors (Lipinski definition) is 3. The fraction of sp³-hybridized carbons (Fsp3) is 0.353. The molecule has 2 aromatic heterocycles. The van der Waals surface area contributed by atoms with Crippen LogP contribution in [0.15, 0.2) is 42.9 Å². The van der Waals surface area contributed by atoms with Crippen LogP contribution in [-0.4, -0.2) is 32.6 Å². The van der Waals surface area contributed by atoms with E-state index < -0.39 is 0 Å². The minimum absolute atomic E-state index is 0.00255. The lowest BCUT2D eigenvalue weighted by Gasteiger charge is -2.26. The summed E-state index contributed by atoms with van der Waals surface area (Å²) >= 11 is 0. The van der Waals surface area contributed by atoms with Crippen molar-refractivity contribution in [2.24, 2.45) is 7.05 Å². The van der Waals surface area contributed by atoms with Crippen LogP contribution < -0.4 is 0 Å². The Balaban J connectivity index is 2.11. The van der Waals surface area contributed by atoms with E-state index in [9.17, 15) is 4.79 Å². The second-order valence-electron chi connectivity index (χ2n) is 5.29. The summed E-state index contributed by atoms with van der Waals surface area (Å²) in [5, 5.41) is 4.08. The molecule has 0 fully saturated rings. The highest BCUT2D eigenvalue weighted by Gasteiger charge is 2.20. The van der Waals surface area contributed by atoms with Crippen LogP contribution in [-0.2, 0) is 11.8 Å². The van der Waals surface area contributed by atoms with Gasteiger partial charge in [-0.25, -0.2) is 0 Å². The molecule has 0 unspecified atom stereocenters. The third-order valence-corrected chi connectivity index (χ3v) is 3.55. The molecule has 0 spiro atoms. The summed E-state index contributed by atoms with van der Waals surface area (Å²) in [6.07, 6.45) is 10.6. The van der Waals surface area contributed by atoms with Gasteiger partial charge in [0.1, 0.15) is 0 Å². The van der Waals surface area contributed by atoms with Gasteiger partial charge in [-0.05, 0) is 24.6 Å². The number of likely N-dealkylation sites (N-methyl/N-ethyl adjacent to an activating group) is 1. The molecule has 2 aromatic rings. The van der Waals surface area contributed by atoms with Gasteiger partial charge < -0.3 is 4.90 Å². The second-order valence-corrected chi connectivity index (χ2v) is 5.29. The van der Waals surface area contributed by atoms with Crippen molar-refractivity contribution in [3.63, 3.8) is 0 Å². The molecule has 0 N–H and O–H groups in total. The number of pyridine rings is 1. The number of aryl methyl sites for hydroxylation is 1. The third kappa shape index (κ3) is 4.04. The maximum absolute atomic E-state index is 12.4. The number of aromatic nitrogens is 3. The van der Waals surface area contributed by atoms with E-state index in [1.807, 2.05) is 38.5 Å². The first-order valence-electron chi connectivity index (χ1n) is 7.46. The van der Waals surface area contributed by atoms with Crippen LogP contribution in [0.25, 0.3) is 6.08 Å². The highest BCUT2D eigenvalue weighted by molar-refractivity contribution is 5.91. The lowest BCUT2D eigenvalue weighted by molar-refractivity contribution is -0.127. The van der Waals surface area contributed by atoms with Crippen molar-refractivity contribution in [3.8, 4) is 0 Å². The SMILES string of the molecule is CCC[C@H](c1ccccn1)N(C)C(=O)/C=C\c1cnn(C)c1. The maximum atomic E-state index is 12.4. The molecule has 0 aliphatic carbocycles. The molecule has 2 heterocycles. The van der Waals surface area contributed by atoms with Crippen molar-refractivity contribution in [2.45, 2.75) is 25.8 Å². The Kier molecular flexibility index (Phi) is 5.47. The molecule has 0 aliphatic rings. The van der Waals surface area contributed by atoms with E-state index in [2.05, 4.69) is 17.0 Å². The molecule has 5 nitrogen and oxygen atoms in total. The maximum Gasteiger partial charge on any atom is 0.246 e. The molecule has 0 bridgehead atoms. The minimum Gasteiger partial charge on any atom is -0.334 e. The predicted molar refractivity (Wildman–Crippen MR) is 86.9 cm³/mol. The van der Waals surface area contributed by atoms with E-state index in [-0.39, 0.29) is 11.9 Å². The molecule has 22 heavy (non-hydrogen) atoms. The van der Waals surface area contributed by atoms with Crippen LogP contribution in [0.1, 0.15) is 37.1 Å². The summed E-state index contributed by atoms with van der Waals surface area (Å²) in [5.41, 5.74) is 1.84. The summed E-state index contributed by atoms with van der Waals surface area (Å²) in [6.45, 7) is 2.11. The molecule has 1 amide bonds. The van der Waals surface area contributed by atoms with Crippen LogP contribution in [0.3, 0.4) is 0 Å². The van der Waals surface area contributed by atoms with Crippen molar-refractivity contribution >= 4 is 12.0 Å². The van der Waals surface area contributed by atoms with E-state index in [0.29, 0.717) is 0 Å². The molecule has 0 saturated carbocycles. The molecular weight excluding hydrogens is 276 g/mol. The molecule has 0 saturated heterocycles. The van der Waals surface area contributed by atoms with E-state index in [4.69, 9.17) is 0 Å². The van der Waals surface area contributed by atoms with Crippen LogP contribution in [0.5, 0.6) is 0 Å². The summed E-state index contributed by atoms with van der Waals surface area (Å²) in [7, 11) is 3.68. The molecule has 1 atom stereocenters. The number of nitrogens with zero attached hydrogens (tertiary/aromatic N) is 4. The van der Waals surface area contributed by atoms with Gasteiger partial charge in [0.15, 0.2) is 0 Å². The smallest absolute Gasteiger partial charge is 0.246 e. The zero-order valence-electron chi connectivity index (χ0n) is 13.3. The Labute approximate surface area is 131 Å². The Morgan fingerprint density at radius 2 is 2.27 bits per heavy atom. The topological polar surface area (TPSA) is 51.0 Å². The lowest BCUT2D eigenvalue weighted by atomic mass is 10.1. The predicted octanol–water partition coefficient (Wildman–Crippen LogP) is 2.83. The minimum atomic E-state index is -0.0343. The number of hydrogen-bond donors (Lipinski definition) is 0. The molecule has 0 aromatic carbocycles. The van der Waals surface area contributed by atoms with Gasteiger partial charge in [0.25, 0.3) is 0 Å². The zero-order valence-corrected chi connectivity index (χ0v) is 13.3. The summed E-state index contributed by atoms with van der Waals surface area (Å²) in [6, 6.07) is 5.80. The van der Waals surface area contributed by atoms with Crippen LogP contribution in [0.2, 0.25) is 0 Å². The van der Waals surface area contributed by atoms with E-state index >= 15 is 0 Å². The quantitative estimate of drug-likeness (QED) is 0.771. The van der Waals surface area contributed by atoms with Gasteiger partial charge in [-0.3, -0.25) is 14.5 Å². The summed E-state index contributed by atoms with van der Waals surface area (Å²) < 4.78 is 1.71. The Morgan fingerprint density at radius 3 is 2.86 bits per heavy atom. The van der Waals surface area contributed by atoms with Crippen LogP contribution >= 0.6 is 0 Å². The normalized spacial score (nSPS) is 12.5. The van der Waals surface area contributed by atoms with E-state index in [1.54, 1.807) is 34.1 Å². The first kappa shape index (κ1) is 15.9. The number of carbonyl (C=O) groups is 1. The number of amides is 1. The number of rotatable bonds is 6. The van der Waals surface area contributed by atoms with E-state index in [0.717, 1.165) is 24.1 Å². The van der Waals surface area contributed by atoms with Crippen molar-refractivity contribution in [3.05, 3.63) is 54.1 Å². The van der Waals surface area contributed by atoms with Crippen LogP contribution in [0.4, 0.5) is 0 Å². The number of carbonyl (C=O) groups excluding carboxylic acids is 1. The van der Waals surface area contributed by atoms with Gasteiger partial charge in [-0.1, -0.05) is 19.4 Å². The average Bonchev–Trinajstić information content (AvgIpc) is 2.96. The fourth-order valence-electron chi connectivity index (χ4n) is 2.35. The molecule has 0 aliphatic heterocycles.